The molecular formula is C12H14BrN5O2. The van der Waals surface area contributed by atoms with Crippen LogP contribution in [0, 0.1) is 0 Å². The second-order valence-electron chi connectivity index (χ2n) is 3.78. The minimum Gasteiger partial charge on any atom is -0.463 e. The molecule has 0 saturated heterocycles. The van der Waals surface area contributed by atoms with Crippen LogP contribution in [0.2, 0.25) is 0 Å². The van der Waals surface area contributed by atoms with Crippen molar-refractivity contribution in [1.82, 2.24) is 15.0 Å². The summed E-state index contributed by atoms with van der Waals surface area (Å²) in [5.41, 5.74) is 2.35. The monoisotopic (exact) mass is 339 g/mol. The number of halogens is 1. The molecule has 0 aliphatic carbocycles. The van der Waals surface area contributed by atoms with Crippen molar-refractivity contribution in [2.75, 3.05) is 12.0 Å². The van der Waals surface area contributed by atoms with Crippen molar-refractivity contribution in [3.8, 4) is 17.8 Å². The summed E-state index contributed by atoms with van der Waals surface area (Å²) in [6, 6.07) is 7.60. The first-order valence-electron chi connectivity index (χ1n) is 6.00. The lowest BCUT2D eigenvalue weighted by Gasteiger charge is -2.08. The maximum atomic E-state index is 5.55. The van der Waals surface area contributed by atoms with E-state index in [1.807, 2.05) is 19.1 Å². The standard InChI is InChI=1S/C12H14BrN5O2/c1-2-6-19-11-15-10(18-14)16-12(17-11)20-9-5-3-4-8(13)7-9/h3-5,7H,2,6,14H2,1H3,(H,15,16,17,18). The van der Waals surface area contributed by atoms with Crippen molar-refractivity contribution in [2.45, 2.75) is 13.3 Å². The van der Waals surface area contributed by atoms with Crippen LogP contribution in [0.15, 0.2) is 28.7 Å². The number of anilines is 1. The topological polar surface area (TPSA) is 95.2 Å². The number of nitrogens with two attached hydrogens (primary N) is 1. The molecule has 0 unspecified atom stereocenters. The smallest absolute Gasteiger partial charge is 0.330 e. The minimum absolute atomic E-state index is 0.108. The Morgan fingerprint density at radius 1 is 1.25 bits per heavy atom. The van der Waals surface area contributed by atoms with Gasteiger partial charge in [-0.3, -0.25) is 5.43 Å². The fourth-order valence-corrected chi connectivity index (χ4v) is 1.72. The summed E-state index contributed by atoms with van der Waals surface area (Å²) in [7, 11) is 0. The summed E-state index contributed by atoms with van der Waals surface area (Å²) >= 11 is 3.36. The molecule has 8 heteroatoms. The molecule has 0 amide bonds. The zero-order valence-corrected chi connectivity index (χ0v) is 12.4. The summed E-state index contributed by atoms with van der Waals surface area (Å²) in [6.07, 6.45) is 0.846. The molecule has 7 nitrogen and oxygen atoms in total. The Morgan fingerprint density at radius 3 is 2.75 bits per heavy atom. The number of ether oxygens (including phenoxy) is 2. The maximum absolute atomic E-state index is 5.55. The summed E-state index contributed by atoms with van der Waals surface area (Å²) in [6.45, 7) is 2.49. The fraction of sp³-hybridized carbons (Fsp3) is 0.250. The van der Waals surface area contributed by atoms with Crippen molar-refractivity contribution in [3.05, 3.63) is 28.7 Å². The number of nitrogens with zero attached hydrogens (tertiary/aromatic N) is 3. The van der Waals surface area contributed by atoms with Gasteiger partial charge in [0.25, 0.3) is 0 Å². The molecule has 3 N–H and O–H groups in total. The summed E-state index contributed by atoms with van der Waals surface area (Å²) in [5, 5.41) is 0. The second-order valence-corrected chi connectivity index (χ2v) is 4.69. The van der Waals surface area contributed by atoms with Gasteiger partial charge in [0.1, 0.15) is 5.75 Å². The van der Waals surface area contributed by atoms with Crippen LogP contribution in [0.4, 0.5) is 5.95 Å². The second kappa shape index (κ2) is 7.01. The van der Waals surface area contributed by atoms with Gasteiger partial charge in [0.05, 0.1) is 6.61 Å². The van der Waals surface area contributed by atoms with Crippen LogP contribution in [-0.2, 0) is 0 Å². The molecule has 0 saturated carbocycles. The molecule has 20 heavy (non-hydrogen) atoms. The van der Waals surface area contributed by atoms with E-state index in [1.54, 1.807) is 12.1 Å². The molecule has 0 aliphatic rings. The number of benzene rings is 1. The molecule has 1 aromatic heterocycles. The minimum atomic E-state index is 0.108. The molecule has 0 aliphatic heterocycles. The Hall–Kier alpha value is -1.93. The first-order valence-corrected chi connectivity index (χ1v) is 6.79. The van der Waals surface area contributed by atoms with E-state index in [4.69, 9.17) is 15.3 Å². The number of aromatic nitrogens is 3. The fourth-order valence-electron chi connectivity index (χ4n) is 1.34. The number of hydrogen-bond acceptors (Lipinski definition) is 7. The van der Waals surface area contributed by atoms with E-state index in [-0.39, 0.29) is 18.0 Å². The molecule has 1 aromatic carbocycles. The van der Waals surface area contributed by atoms with E-state index >= 15 is 0 Å². The highest BCUT2D eigenvalue weighted by Crippen LogP contribution is 2.23. The molecule has 1 heterocycles. The summed E-state index contributed by atoms with van der Waals surface area (Å²) in [4.78, 5) is 12.1. The highest BCUT2D eigenvalue weighted by atomic mass is 79.9. The van der Waals surface area contributed by atoms with Gasteiger partial charge < -0.3 is 9.47 Å². The average molecular weight is 340 g/mol. The van der Waals surface area contributed by atoms with Gasteiger partial charge in [0, 0.05) is 4.47 Å². The molecule has 0 radical (unpaired) electrons. The van der Waals surface area contributed by atoms with Crippen molar-refractivity contribution in [1.29, 1.82) is 0 Å². The van der Waals surface area contributed by atoms with E-state index in [0.717, 1.165) is 10.9 Å². The number of nitrogen functional groups attached to an aromatic ring is 1. The third-order valence-corrected chi connectivity index (χ3v) is 2.66. The van der Waals surface area contributed by atoms with Gasteiger partial charge in [-0.25, -0.2) is 5.84 Å². The zero-order chi connectivity index (χ0) is 14.4. The van der Waals surface area contributed by atoms with Crippen LogP contribution in [0.25, 0.3) is 0 Å². The van der Waals surface area contributed by atoms with Crippen molar-refractivity contribution >= 4 is 21.9 Å². The van der Waals surface area contributed by atoms with E-state index in [9.17, 15) is 0 Å². The normalized spacial score (nSPS) is 10.2. The third-order valence-electron chi connectivity index (χ3n) is 2.16. The van der Waals surface area contributed by atoms with E-state index < -0.39 is 0 Å². The van der Waals surface area contributed by atoms with Crippen LogP contribution in [0.5, 0.6) is 17.8 Å². The largest absolute Gasteiger partial charge is 0.463 e. The molecular weight excluding hydrogens is 326 g/mol. The Bertz CT molecular complexity index is 582. The van der Waals surface area contributed by atoms with Gasteiger partial charge in [-0.15, -0.1) is 4.98 Å². The van der Waals surface area contributed by atoms with Gasteiger partial charge in [0.15, 0.2) is 0 Å². The summed E-state index contributed by atoms with van der Waals surface area (Å²) in [5.74, 6) is 6.08. The van der Waals surface area contributed by atoms with Crippen LogP contribution in [0.3, 0.4) is 0 Å². The molecule has 0 spiro atoms. The highest BCUT2D eigenvalue weighted by molar-refractivity contribution is 9.10. The first kappa shape index (κ1) is 14.5. The number of hydrogen-bond donors (Lipinski definition) is 2. The van der Waals surface area contributed by atoms with E-state index in [1.165, 1.54) is 0 Å². The highest BCUT2D eigenvalue weighted by Gasteiger charge is 2.09. The Labute approximate surface area is 124 Å². The Balaban J connectivity index is 2.21. The van der Waals surface area contributed by atoms with E-state index in [2.05, 4.69) is 36.3 Å². The average Bonchev–Trinajstić information content (AvgIpc) is 2.45. The first-order chi connectivity index (χ1) is 9.71. The van der Waals surface area contributed by atoms with Crippen LogP contribution in [0.1, 0.15) is 13.3 Å². The van der Waals surface area contributed by atoms with E-state index in [0.29, 0.717) is 12.4 Å². The lowest BCUT2D eigenvalue weighted by Crippen LogP contribution is -2.13. The van der Waals surface area contributed by atoms with Gasteiger partial charge in [-0.2, -0.15) is 9.97 Å². The Kier molecular flexibility index (Phi) is 5.08. The Morgan fingerprint density at radius 2 is 2.05 bits per heavy atom. The number of rotatable bonds is 6. The van der Waals surface area contributed by atoms with Crippen LogP contribution < -0.4 is 20.7 Å². The zero-order valence-electron chi connectivity index (χ0n) is 10.8. The van der Waals surface area contributed by atoms with Gasteiger partial charge in [-0.05, 0) is 24.6 Å². The lowest BCUT2D eigenvalue weighted by molar-refractivity contribution is 0.285. The molecule has 0 atom stereocenters. The molecule has 106 valence electrons. The van der Waals surface area contributed by atoms with Crippen LogP contribution in [-0.4, -0.2) is 21.6 Å². The SMILES string of the molecule is CCCOc1nc(NN)nc(Oc2cccc(Br)c2)n1. The maximum Gasteiger partial charge on any atom is 0.330 e. The number of hydrazine groups is 1. The molecule has 0 bridgehead atoms. The van der Waals surface area contributed by atoms with Crippen molar-refractivity contribution < 1.29 is 9.47 Å². The van der Waals surface area contributed by atoms with Gasteiger partial charge in [0.2, 0.25) is 5.95 Å². The molecule has 2 aromatic rings. The van der Waals surface area contributed by atoms with Crippen LogP contribution >= 0.6 is 15.9 Å². The predicted octanol–water partition coefficient (Wildman–Crippen LogP) is 2.50. The van der Waals surface area contributed by atoms with Gasteiger partial charge in [-0.1, -0.05) is 28.9 Å². The predicted molar refractivity (Wildman–Crippen MR) is 77.6 cm³/mol. The molecule has 2 rings (SSSR count). The molecule has 0 fully saturated rings. The van der Waals surface area contributed by atoms with Gasteiger partial charge >= 0.3 is 12.0 Å². The summed E-state index contributed by atoms with van der Waals surface area (Å²) < 4.78 is 11.8. The third kappa shape index (κ3) is 4.04. The van der Waals surface area contributed by atoms with Crippen molar-refractivity contribution in [2.24, 2.45) is 5.84 Å². The van der Waals surface area contributed by atoms with Crippen molar-refractivity contribution in [3.63, 3.8) is 0 Å². The lowest BCUT2D eigenvalue weighted by atomic mass is 10.3. The number of nitrogens with one attached hydrogen (secondary N) is 1. The quantitative estimate of drug-likeness (QED) is 0.616.